The van der Waals surface area contributed by atoms with Gasteiger partial charge in [0.2, 0.25) is 0 Å². The molecule has 0 atom stereocenters. The van der Waals surface area contributed by atoms with Gasteiger partial charge in [0.05, 0.1) is 11.1 Å². The van der Waals surface area contributed by atoms with E-state index in [0.29, 0.717) is 11.1 Å². The van der Waals surface area contributed by atoms with Crippen molar-refractivity contribution in [3.63, 3.8) is 0 Å². The normalized spacial score (nSPS) is 15.8. The van der Waals surface area contributed by atoms with Crippen LogP contribution in [0, 0.1) is 0 Å². The quantitative estimate of drug-likeness (QED) is 0.792. The molecule has 2 aliphatic rings. The van der Waals surface area contributed by atoms with Crippen molar-refractivity contribution in [3.8, 4) is 22.6 Å². The molecule has 0 radical (unpaired) electrons. The molecule has 138 valence electrons. The van der Waals surface area contributed by atoms with Gasteiger partial charge in [0.1, 0.15) is 11.5 Å². The minimum Gasteiger partial charge on any atom is -0.507 e. The van der Waals surface area contributed by atoms with Gasteiger partial charge in [0.25, 0.3) is 0 Å². The number of fused-ring (bicyclic) bond motifs is 2. The van der Waals surface area contributed by atoms with Crippen LogP contribution in [0.15, 0.2) is 47.6 Å². The maximum Gasteiger partial charge on any atom is 0.190 e. The minimum absolute atomic E-state index is 0.0516. The van der Waals surface area contributed by atoms with E-state index in [1.165, 1.54) is 50.3 Å². The molecule has 0 fully saturated rings. The fourth-order valence-corrected chi connectivity index (χ4v) is 3.56. The molecule has 0 aliphatic heterocycles. The van der Waals surface area contributed by atoms with Gasteiger partial charge in [0, 0.05) is 22.3 Å². The molecule has 0 spiro atoms. The van der Waals surface area contributed by atoms with Crippen molar-refractivity contribution < 1.29 is 29.4 Å². The number of hydrogen-bond donors (Lipinski definition) is 2. The van der Waals surface area contributed by atoms with Crippen molar-refractivity contribution in [1.29, 1.82) is 0 Å². The number of carbonyl (C=O) groups is 4. The second kappa shape index (κ2) is 5.85. The first kappa shape index (κ1) is 17.6. The Bertz CT molecular complexity index is 1110. The Morgan fingerprint density at radius 1 is 0.607 bits per heavy atom. The average molecular weight is 374 g/mol. The first-order valence-electron chi connectivity index (χ1n) is 8.48. The number of rotatable bonds is 1. The van der Waals surface area contributed by atoms with Crippen LogP contribution in [0.3, 0.4) is 0 Å². The molecule has 2 aromatic rings. The zero-order chi connectivity index (χ0) is 20.3. The van der Waals surface area contributed by atoms with Crippen LogP contribution >= 0.6 is 0 Å². The van der Waals surface area contributed by atoms with Crippen molar-refractivity contribution >= 4 is 23.1 Å². The van der Waals surface area contributed by atoms with Crippen molar-refractivity contribution in [1.82, 2.24) is 0 Å². The average Bonchev–Trinajstić information content (AvgIpc) is 2.63. The van der Waals surface area contributed by atoms with Gasteiger partial charge < -0.3 is 10.2 Å². The van der Waals surface area contributed by atoms with Crippen LogP contribution in [0.5, 0.6) is 11.5 Å². The van der Waals surface area contributed by atoms with Crippen molar-refractivity contribution in [2.75, 3.05) is 0 Å². The van der Waals surface area contributed by atoms with Crippen molar-refractivity contribution in [2.24, 2.45) is 0 Å². The molecule has 0 amide bonds. The summed E-state index contributed by atoms with van der Waals surface area (Å²) in [6, 6.07) is 5.45. The number of carbonyl (C=O) groups excluding carboxylic acids is 4. The third-order valence-corrected chi connectivity index (χ3v) is 4.96. The summed E-state index contributed by atoms with van der Waals surface area (Å²) in [5.74, 6) is -2.45. The zero-order valence-corrected chi connectivity index (χ0v) is 15.0. The Morgan fingerprint density at radius 2 is 0.964 bits per heavy atom. The maximum absolute atomic E-state index is 12.4. The van der Waals surface area contributed by atoms with Crippen LogP contribution in [-0.2, 0) is 0 Å². The highest BCUT2D eigenvalue weighted by molar-refractivity contribution is 6.27. The summed E-state index contributed by atoms with van der Waals surface area (Å²) in [6.45, 7) is 3.02. The third kappa shape index (κ3) is 2.42. The highest BCUT2D eigenvalue weighted by Crippen LogP contribution is 2.38. The number of Topliss-reactive ketones (excluding diaryl/α,β-unsaturated/α-hetero) is 2. The second-order valence-electron chi connectivity index (χ2n) is 6.88. The summed E-state index contributed by atoms with van der Waals surface area (Å²) in [4.78, 5) is 49.2. The SMILES string of the molecule is CC1=CC(=O)c2c(O)cc(-c3cc(O)c4c(c3)C(=O)C(C)=CC4=O)cc2C1=O. The molecule has 28 heavy (non-hydrogen) atoms. The van der Waals surface area contributed by atoms with E-state index >= 15 is 0 Å². The van der Waals surface area contributed by atoms with Crippen LogP contribution < -0.4 is 0 Å². The second-order valence-corrected chi connectivity index (χ2v) is 6.88. The lowest BCUT2D eigenvalue weighted by Crippen LogP contribution is -2.16. The number of hydrogen-bond acceptors (Lipinski definition) is 6. The highest BCUT2D eigenvalue weighted by Gasteiger charge is 2.29. The molecule has 0 saturated carbocycles. The number of phenolic OH excluding ortho intramolecular Hbond substituents is 2. The smallest absolute Gasteiger partial charge is 0.190 e. The van der Waals surface area contributed by atoms with Gasteiger partial charge in [-0.25, -0.2) is 0 Å². The van der Waals surface area contributed by atoms with Crippen LogP contribution in [0.4, 0.5) is 0 Å². The molecule has 0 bridgehead atoms. The predicted molar refractivity (Wildman–Crippen MR) is 100 cm³/mol. The number of ketones is 4. The minimum atomic E-state index is -0.467. The van der Waals surface area contributed by atoms with Gasteiger partial charge in [-0.05, 0) is 61.4 Å². The summed E-state index contributed by atoms with van der Waals surface area (Å²) < 4.78 is 0. The molecule has 2 aromatic carbocycles. The topological polar surface area (TPSA) is 109 Å². The third-order valence-electron chi connectivity index (χ3n) is 4.96. The Morgan fingerprint density at radius 3 is 1.32 bits per heavy atom. The van der Waals surface area contributed by atoms with Gasteiger partial charge in [-0.3, -0.25) is 19.2 Å². The van der Waals surface area contributed by atoms with E-state index < -0.39 is 11.6 Å². The van der Waals surface area contributed by atoms with E-state index in [1.54, 1.807) is 0 Å². The van der Waals surface area contributed by atoms with Crippen molar-refractivity contribution in [3.05, 3.63) is 69.8 Å². The van der Waals surface area contributed by atoms with E-state index in [2.05, 4.69) is 0 Å². The van der Waals surface area contributed by atoms with Crippen LogP contribution in [-0.4, -0.2) is 33.3 Å². The summed E-state index contributed by atoms with van der Waals surface area (Å²) in [6.07, 6.45) is 2.35. The summed E-state index contributed by atoms with van der Waals surface area (Å²) in [5, 5.41) is 20.6. The zero-order valence-electron chi connectivity index (χ0n) is 15.0. The van der Waals surface area contributed by atoms with Gasteiger partial charge in [0.15, 0.2) is 23.1 Å². The predicted octanol–water partition coefficient (Wildman–Crippen LogP) is 3.42. The standard InChI is InChI=1S/C22H14O6/c1-9-3-15(23)19-13(21(9)27)5-11(7-17(19)25)12-6-14-20(18(26)8-12)16(24)4-10(2)22(14)28/h3-8,25-26H,1-2H3. The number of benzene rings is 2. The Labute approximate surface area is 159 Å². The fraction of sp³-hybridized carbons (Fsp3) is 0.0909. The monoisotopic (exact) mass is 374 g/mol. The Balaban J connectivity index is 1.94. The Kier molecular flexibility index (Phi) is 3.68. The van der Waals surface area contributed by atoms with Crippen LogP contribution in [0.1, 0.15) is 55.3 Å². The molecule has 6 heteroatoms. The number of aromatic hydroxyl groups is 2. The van der Waals surface area contributed by atoms with E-state index in [4.69, 9.17) is 0 Å². The fourth-order valence-electron chi connectivity index (χ4n) is 3.56. The van der Waals surface area contributed by atoms with Gasteiger partial charge >= 0.3 is 0 Å². The lowest BCUT2D eigenvalue weighted by molar-refractivity contribution is 0.0982. The molecule has 0 heterocycles. The molecule has 0 saturated heterocycles. The summed E-state index contributed by atoms with van der Waals surface area (Å²) in [7, 11) is 0. The number of phenols is 2. The van der Waals surface area contributed by atoms with E-state index in [0.717, 1.165) is 0 Å². The van der Waals surface area contributed by atoms with Gasteiger partial charge in [-0.2, -0.15) is 0 Å². The molecule has 2 N–H and O–H groups in total. The molecule has 0 aromatic heterocycles. The van der Waals surface area contributed by atoms with E-state index in [9.17, 15) is 29.4 Å². The Hall–Kier alpha value is -3.80. The van der Waals surface area contributed by atoms with E-state index in [1.807, 2.05) is 0 Å². The summed E-state index contributed by atoms with van der Waals surface area (Å²) in [5.41, 5.74) is 1.12. The maximum atomic E-state index is 12.4. The highest BCUT2D eigenvalue weighted by atomic mass is 16.3. The molecule has 2 aliphatic carbocycles. The van der Waals surface area contributed by atoms with Crippen LogP contribution in [0.2, 0.25) is 0 Å². The molecular weight excluding hydrogens is 360 g/mol. The first-order chi connectivity index (χ1) is 13.2. The van der Waals surface area contributed by atoms with Crippen LogP contribution in [0.25, 0.3) is 11.1 Å². The number of allylic oxidation sites excluding steroid dienone is 4. The lowest BCUT2D eigenvalue weighted by Gasteiger charge is -2.18. The molecule has 0 unspecified atom stereocenters. The van der Waals surface area contributed by atoms with E-state index in [-0.39, 0.29) is 56.5 Å². The molecule has 4 rings (SSSR count). The molecular formula is C22H14O6. The van der Waals surface area contributed by atoms with Gasteiger partial charge in [-0.15, -0.1) is 0 Å². The largest absolute Gasteiger partial charge is 0.507 e. The molecule has 6 nitrogen and oxygen atoms in total. The first-order valence-corrected chi connectivity index (χ1v) is 8.48. The lowest BCUT2D eigenvalue weighted by atomic mass is 9.84. The van der Waals surface area contributed by atoms with Crippen molar-refractivity contribution in [2.45, 2.75) is 13.8 Å². The summed E-state index contributed by atoms with van der Waals surface area (Å²) >= 11 is 0. The van der Waals surface area contributed by atoms with Gasteiger partial charge in [-0.1, -0.05) is 0 Å².